The lowest BCUT2D eigenvalue weighted by Crippen LogP contribution is -2.67. The average molecular weight is 1250 g/mol. The molecule has 4 aliphatic carbocycles. The van der Waals surface area contributed by atoms with E-state index in [-0.39, 0.29) is 61.4 Å². The Hall–Kier alpha value is -1.97. The van der Waals surface area contributed by atoms with Crippen LogP contribution >= 0.6 is 0 Å². The monoisotopic (exact) mass is 1240 g/mol. The van der Waals surface area contributed by atoms with E-state index in [1.54, 1.807) is 6.92 Å². The lowest BCUT2D eigenvalue weighted by atomic mass is 9.47. The van der Waals surface area contributed by atoms with Crippen LogP contribution in [0.25, 0.3) is 0 Å². The summed E-state index contributed by atoms with van der Waals surface area (Å²) in [4.78, 5) is 24.9. The molecule has 8 fully saturated rings. The molecule has 0 aromatic rings. The Kier molecular flexibility index (Phi) is 20.6. The number of aliphatic hydroxyl groups excluding tert-OH is 12. The van der Waals surface area contributed by atoms with Crippen molar-refractivity contribution >= 4 is 22.0 Å². The van der Waals surface area contributed by atoms with E-state index in [0.29, 0.717) is 25.7 Å². The molecular formula is C55H88O29S. The second-order valence-electron chi connectivity index (χ2n) is 25.9. The van der Waals surface area contributed by atoms with Gasteiger partial charge in [0, 0.05) is 6.42 Å². The first-order valence-electron chi connectivity index (χ1n) is 29.4. The molecule has 5 heterocycles. The van der Waals surface area contributed by atoms with E-state index in [9.17, 15) is 88.9 Å². The van der Waals surface area contributed by atoms with Crippen LogP contribution in [0.2, 0.25) is 0 Å². The number of hydrogen-bond donors (Lipinski definition) is 14. The van der Waals surface area contributed by atoms with Gasteiger partial charge in [-0.2, -0.15) is 8.42 Å². The zero-order valence-corrected chi connectivity index (χ0v) is 49.3. The van der Waals surface area contributed by atoms with Gasteiger partial charge in [-0.3, -0.25) is 14.1 Å². The minimum Gasteiger partial charge on any atom is -0.394 e. The average Bonchev–Trinajstić information content (AvgIpc) is 1.71. The first-order chi connectivity index (χ1) is 39.7. The van der Waals surface area contributed by atoms with Gasteiger partial charge in [0.25, 0.3) is 0 Å². The van der Waals surface area contributed by atoms with E-state index in [4.69, 9.17) is 51.6 Å². The molecule has 5 saturated heterocycles. The van der Waals surface area contributed by atoms with Gasteiger partial charge in [0.15, 0.2) is 31.5 Å². The molecule has 33 atom stereocenters. The maximum atomic E-state index is 13.0. The largest absolute Gasteiger partial charge is 0.397 e. The molecule has 0 unspecified atom stereocenters. The van der Waals surface area contributed by atoms with Crippen molar-refractivity contribution in [2.75, 3.05) is 13.2 Å². The number of hydrogen-bond acceptors (Lipinski definition) is 28. The molecular weight excluding hydrogens is 1160 g/mol. The van der Waals surface area contributed by atoms with Gasteiger partial charge in [0.05, 0.1) is 55.8 Å². The minimum absolute atomic E-state index is 0.0701. The predicted octanol–water partition coefficient (Wildman–Crippen LogP) is -3.74. The second-order valence-corrected chi connectivity index (χ2v) is 27.0. The van der Waals surface area contributed by atoms with Crippen molar-refractivity contribution in [1.29, 1.82) is 0 Å². The normalized spacial score (nSPS) is 51.1. The molecule has 0 spiro atoms. The highest BCUT2D eigenvalue weighted by Crippen LogP contribution is 2.67. The molecule has 3 saturated carbocycles. The van der Waals surface area contributed by atoms with Crippen molar-refractivity contribution in [3.05, 3.63) is 11.6 Å². The highest BCUT2D eigenvalue weighted by atomic mass is 32.3. The summed E-state index contributed by atoms with van der Waals surface area (Å²) in [6, 6.07) is 0. The van der Waals surface area contributed by atoms with E-state index in [1.807, 2.05) is 6.92 Å². The van der Waals surface area contributed by atoms with Crippen LogP contribution in [-0.2, 0) is 71.5 Å². The molecule has 9 rings (SSSR count). The fourth-order valence-electron chi connectivity index (χ4n) is 15.6. The molecule has 29 nitrogen and oxygen atoms in total. The van der Waals surface area contributed by atoms with Crippen LogP contribution < -0.4 is 0 Å². The Bertz CT molecular complexity index is 2470. The molecule has 5 aliphatic heterocycles. The van der Waals surface area contributed by atoms with Gasteiger partial charge in [-0.15, -0.1) is 0 Å². The molecule has 0 bridgehead atoms. The molecule has 85 heavy (non-hydrogen) atoms. The molecule has 30 heteroatoms. The van der Waals surface area contributed by atoms with Crippen LogP contribution in [0, 0.1) is 34.5 Å². The van der Waals surface area contributed by atoms with Crippen molar-refractivity contribution in [2.45, 2.75) is 271 Å². The Morgan fingerprint density at radius 1 is 0.635 bits per heavy atom. The number of aliphatic hydroxyl groups is 13. The molecule has 0 amide bonds. The lowest BCUT2D eigenvalue weighted by Gasteiger charge is -2.60. The summed E-state index contributed by atoms with van der Waals surface area (Å²) in [5.74, 6) is -1.84. The number of allylic oxidation sites excluding steroid dienone is 2. The SMILES string of the molecule is CC(=O)CC(=O)C[C@](C)(O)[C@H]1CC[C@H]2[C@@H]3C[C@H](O[C@@H]4O[C@H](C)[C@@H](O)[C@H](O[C@@H]5OC[C@@H](O[C@@H]6O[C@H](CO)[C@H](O)[C@H](O)[C@H]6O[C@@H]6O[C@H](C)[C@H](O)[C@H](O)[C@H]6O)[C@H](O)[C@H]5O[C@@H]5O[C@H](C)[C@@H](O)[C@H](O)[C@H]5O)[C@H]4O)[C@H]4C[C@@H](OS(=O)(=O)O)CC[C@]4(C)C3=CC[C@@]21C. The predicted molar refractivity (Wildman–Crippen MR) is 281 cm³/mol. The number of ether oxygens (including phenoxy) is 10. The maximum absolute atomic E-state index is 13.0. The van der Waals surface area contributed by atoms with Crippen LogP contribution in [0.15, 0.2) is 11.6 Å². The van der Waals surface area contributed by atoms with Gasteiger partial charge in [0.1, 0.15) is 109 Å². The fraction of sp³-hybridized carbons (Fsp3) is 0.927. The van der Waals surface area contributed by atoms with E-state index >= 15 is 0 Å². The number of fused-ring (bicyclic) bond motifs is 5. The van der Waals surface area contributed by atoms with E-state index < -0.39 is 206 Å². The zero-order valence-electron chi connectivity index (χ0n) is 48.5. The molecule has 0 aromatic heterocycles. The number of ketones is 2. The van der Waals surface area contributed by atoms with Gasteiger partial charge in [-0.25, -0.2) is 4.18 Å². The van der Waals surface area contributed by atoms with Gasteiger partial charge < -0.3 is 114 Å². The summed E-state index contributed by atoms with van der Waals surface area (Å²) >= 11 is 0. The van der Waals surface area contributed by atoms with Crippen molar-refractivity contribution in [3.8, 4) is 0 Å². The van der Waals surface area contributed by atoms with Gasteiger partial charge >= 0.3 is 10.4 Å². The van der Waals surface area contributed by atoms with Crippen molar-refractivity contribution in [3.63, 3.8) is 0 Å². The number of carbonyl (C=O) groups is 2. The fourth-order valence-corrected chi connectivity index (χ4v) is 16.1. The summed E-state index contributed by atoms with van der Waals surface area (Å²) in [5, 5.41) is 145. The number of carbonyl (C=O) groups excluding carboxylic acids is 2. The minimum atomic E-state index is -4.90. The molecule has 488 valence electrons. The topological polar surface area (TPSA) is 453 Å². The Balaban J connectivity index is 0.983. The molecule has 0 aromatic carbocycles. The Morgan fingerprint density at radius 3 is 1.76 bits per heavy atom. The van der Waals surface area contributed by atoms with Crippen LogP contribution in [0.3, 0.4) is 0 Å². The number of rotatable bonds is 18. The molecule has 14 N–H and O–H groups in total. The smallest absolute Gasteiger partial charge is 0.394 e. The third-order valence-electron chi connectivity index (χ3n) is 20.1. The second kappa shape index (κ2) is 26.0. The highest BCUT2D eigenvalue weighted by molar-refractivity contribution is 7.80. The van der Waals surface area contributed by atoms with Crippen LogP contribution in [0.1, 0.15) is 106 Å². The summed E-state index contributed by atoms with van der Waals surface area (Å²) < 4.78 is 100. The van der Waals surface area contributed by atoms with Crippen molar-refractivity contribution in [1.82, 2.24) is 0 Å². The molecule has 9 aliphatic rings. The lowest BCUT2D eigenvalue weighted by molar-refractivity contribution is -0.398. The van der Waals surface area contributed by atoms with Gasteiger partial charge in [0.2, 0.25) is 0 Å². The number of Topliss-reactive ketones (excluding diaryl/α,β-unsaturated/α-hetero) is 2. The van der Waals surface area contributed by atoms with Crippen LogP contribution in [-0.4, -0.2) is 269 Å². The van der Waals surface area contributed by atoms with Gasteiger partial charge in [-0.1, -0.05) is 25.5 Å². The van der Waals surface area contributed by atoms with E-state index in [2.05, 4.69) is 13.0 Å². The zero-order chi connectivity index (χ0) is 62.3. The summed E-state index contributed by atoms with van der Waals surface area (Å²) in [7, 11) is -4.90. The maximum Gasteiger partial charge on any atom is 0.397 e. The Labute approximate surface area is 491 Å². The summed E-state index contributed by atoms with van der Waals surface area (Å²) in [6.07, 6.45) is -38.7. The first kappa shape index (κ1) is 67.4. The molecule has 0 radical (unpaired) electrons. The highest BCUT2D eigenvalue weighted by Gasteiger charge is 2.64. The third-order valence-corrected chi connectivity index (χ3v) is 20.6. The van der Waals surface area contributed by atoms with Crippen LogP contribution in [0.4, 0.5) is 0 Å². The quantitative estimate of drug-likeness (QED) is 0.0356. The summed E-state index contributed by atoms with van der Waals surface area (Å²) in [6.45, 7) is 9.71. The summed E-state index contributed by atoms with van der Waals surface area (Å²) in [5.41, 5.74) is -1.58. The Morgan fingerprint density at radius 2 is 1.19 bits per heavy atom. The van der Waals surface area contributed by atoms with Crippen molar-refractivity contribution < 1.29 is 140 Å². The van der Waals surface area contributed by atoms with E-state index in [0.717, 1.165) is 5.57 Å². The first-order valence-corrected chi connectivity index (χ1v) is 30.8. The standard InChI is InChI=1S/C55H88O29S/c1-20(57)14-24(58)17-55(7,70)33-9-8-27-26-16-30(29-15-25(84-85(71,72)73)10-12-53(29,5)28(26)11-13-54(27,33)6)78-50-44(69)45(36(61)23(4)77-50)81-51-46(82-48-42(67)39(64)34(59)21(2)75-48)38(63)32(19-74-51)80-52-47(41(66)37(62)31(18-56)79-52)83-49-43(68)40(65)35(60)22(3)76-49/h11,21-23,25-27,29-52,56,59-70H,8-10,12-19H2,1-7H3,(H,71,72,73)/t21-,22-,23-,25+,26+,27+,29-,30+,31-,32-,33+,34-,35+,36-,37+,38+,39+,40+,41+,42-,43-,44-,45+,46-,47-,48+,49+,50+,51+,52+,53-,54+,55+/m1/s1. The van der Waals surface area contributed by atoms with Crippen LogP contribution in [0.5, 0.6) is 0 Å². The third kappa shape index (κ3) is 13.4. The van der Waals surface area contributed by atoms with Crippen molar-refractivity contribution in [2.24, 2.45) is 34.5 Å². The van der Waals surface area contributed by atoms with E-state index in [1.165, 1.54) is 27.7 Å². The van der Waals surface area contributed by atoms with Gasteiger partial charge in [-0.05, 0) is 114 Å².